The third kappa shape index (κ3) is 5.46. The number of hydrogen-bond acceptors (Lipinski definition) is 7. The Hall–Kier alpha value is -3.99. The number of fused-ring (bicyclic) bond motifs is 2. The fraction of sp³-hybridized carbons (Fsp3) is 0.444. The Morgan fingerprint density at radius 2 is 1.79 bits per heavy atom. The molecule has 0 unspecified atom stereocenters. The first-order chi connectivity index (χ1) is 22.5. The molecule has 0 radical (unpaired) electrons. The molecular weight excluding hydrogens is 622 g/mol. The minimum absolute atomic E-state index is 0.102. The van der Waals surface area contributed by atoms with Crippen LogP contribution in [0.25, 0.3) is 0 Å². The largest absolute Gasteiger partial charge is 0.455 e. The molecule has 47 heavy (non-hydrogen) atoms. The summed E-state index contributed by atoms with van der Waals surface area (Å²) in [7, 11) is 1.69. The number of likely N-dealkylation sites (N-methyl/N-ethyl adjacent to an activating group) is 1. The van der Waals surface area contributed by atoms with Crippen LogP contribution in [0.5, 0.6) is 0 Å². The molecular formula is C36H40ClN3O7. The van der Waals surface area contributed by atoms with Gasteiger partial charge in [-0.2, -0.15) is 0 Å². The van der Waals surface area contributed by atoms with Crippen molar-refractivity contribution in [2.75, 3.05) is 25.1 Å². The van der Waals surface area contributed by atoms with Crippen LogP contribution in [0.15, 0.2) is 72.8 Å². The second-order valence-corrected chi connectivity index (χ2v) is 13.3. The number of ether oxygens (including phenoxy) is 2. The quantitative estimate of drug-likeness (QED) is 0.389. The molecule has 11 heteroatoms. The van der Waals surface area contributed by atoms with Gasteiger partial charge in [-0.3, -0.25) is 19.2 Å². The van der Waals surface area contributed by atoms with Crippen LogP contribution in [0, 0.1) is 18.8 Å². The number of likely N-dealkylation sites (tertiary alicyclic amines) is 1. The summed E-state index contributed by atoms with van der Waals surface area (Å²) in [5.41, 5.74) is 0.456. The van der Waals surface area contributed by atoms with Crippen LogP contribution in [0.4, 0.5) is 5.69 Å². The Labute approximate surface area is 279 Å². The van der Waals surface area contributed by atoms with Crippen molar-refractivity contribution >= 4 is 41.0 Å². The molecule has 0 aromatic heterocycles. The van der Waals surface area contributed by atoms with Gasteiger partial charge in [0, 0.05) is 20.0 Å². The standard InChI is InChI=1S/C36H40ClN3O7/c1-21-12-10-15-25(37)30(21)39-19-11-18-36-29(33(43)40(22(2)20-41)32(36)34(39)44)28-26(47-36)16-8-9-17-27(42)38(4)23(3)31(46-35(28)45)24-13-6-5-7-14-24/h5-8,10-16,18,22-23,26,28-29,31-32,41H,9,17,19-20H2,1-4H3/b16-8-/t22-,23-,26-,28+,29+,31+,32-,36+/m1/s1. The molecule has 1 spiro atoms. The Morgan fingerprint density at radius 1 is 1.04 bits per heavy atom. The van der Waals surface area contributed by atoms with Gasteiger partial charge in [-0.1, -0.05) is 78.4 Å². The zero-order chi connectivity index (χ0) is 33.6. The van der Waals surface area contributed by atoms with Gasteiger partial charge in [0.2, 0.25) is 11.8 Å². The second kappa shape index (κ2) is 12.9. The predicted octanol–water partition coefficient (Wildman–Crippen LogP) is 3.99. The lowest BCUT2D eigenvalue weighted by Gasteiger charge is -2.38. The number of carbonyl (C=O) groups is 4. The topological polar surface area (TPSA) is 117 Å². The first-order valence-corrected chi connectivity index (χ1v) is 16.4. The number of anilines is 1. The first kappa shape index (κ1) is 32.9. The molecule has 248 valence electrons. The molecule has 2 aromatic carbocycles. The van der Waals surface area contributed by atoms with Crippen molar-refractivity contribution in [1.29, 1.82) is 0 Å². The Bertz CT molecular complexity index is 1610. The van der Waals surface area contributed by atoms with E-state index in [1.807, 2.05) is 50.2 Å². The molecule has 6 rings (SSSR count). The zero-order valence-corrected chi connectivity index (χ0v) is 27.7. The van der Waals surface area contributed by atoms with Crippen LogP contribution in [-0.2, 0) is 28.7 Å². The lowest BCUT2D eigenvalue weighted by atomic mass is 9.77. The second-order valence-electron chi connectivity index (χ2n) is 12.9. The highest BCUT2D eigenvalue weighted by Crippen LogP contribution is 2.54. The van der Waals surface area contributed by atoms with Gasteiger partial charge in [-0.15, -0.1) is 0 Å². The molecule has 3 amide bonds. The van der Waals surface area contributed by atoms with Gasteiger partial charge in [-0.25, -0.2) is 0 Å². The normalized spacial score (nSPS) is 32.5. The van der Waals surface area contributed by atoms with Crippen molar-refractivity contribution in [2.24, 2.45) is 11.8 Å². The smallest absolute Gasteiger partial charge is 0.313 e. The lowest BCUT2D eigenvalue weighted by Crippen LogP contribution is -2.57. The number of allylic oxidation sites excluding steroid dienone is 1. The van der Waals surface area contributed by atoms with Gasteiger partial charge in [0.05, 0.1) is 41.4 Å². The summed E-state index contributed by atoms with van der Waals surface area (Å²) in [5, 5.41) is 10.7. The number of amides is 3. The van der Waals surface area contributed by atoms with Crippen LogP contribution < -0.4 is 4.90 Å². The summed E-state index contributed by atoms with van der Waals surface area (Å²) in [5.74, 6) is -3.91. The Balaban J connectivity index is 1.47. The van der Waals surface area contributed by atoms with Crippen LogP contribution >= 0.6 is 11.6 Å². The van der Waals surface area contributed by atoms with E-state index < -0.39 is 72.2 Å². The van der Waals surface area contributed by atoms with Crippen LogP contribution in [-0.4, -0.2) is 88.6 Å². The van der Waals surface area contributed by atoms with Crippen molar-refractivity contribution in [3.05, 3.63) is 89.0 Å². The van der Waals surface area contributed by atoms with E-state index in [1.165, 1.54) is 9.80 Å². The van der Waals surface area contributed by atoms with Gasteiger partial charge >= 0.3 is 5.97 Å². The molecule has 4 heterocycles. The molecule has 0 bridgehead atoms. The molecule has 2 aromatic rings. The lowest BCUT2D eigenvalue weighted by molar-refractivity contribution is -0.164. The van der Waals surface area contributed by atoms with Crippen molar-refractivity contribution < 1.29 is 33.8 Å². The fourth-order valence-corrected chi connectivity index (χ4v) is 7.88. The summed E-state index contributed by atoms with van der Waals surface area (Å²) in [4.78, 5) is 61.4. The maximum Gasteiger partial charge on any atom is 0.313 e. The van der Waals surface area contributed by atoms with E-state index in [0.717, 1.165) is 5.56 Å². The number of aliphatic hydroxyl groups excluding tert-OH is 1. The average Bonchev–Trinajstić information content (AvgIpc) is 3.46. The van der Waals surface area contributed by atoms with Crippen LogP contribution in [0.2, 0.25) is 5.02 Å². The SMILES string of the molecule is Cc1cccc(Cl)c1N1CC=C[C@]23O[C@@H]4/C=C\CCC(=O)N(C)[C@H](C)[C@@H](c5ccccc5)OC(=O)[C@@H]4[C@H]2C(=O)N([C@H](C)CO)[C@@H]3C1=O. The van der Waals surface area contributed by atoms with Gasteiger partial charge in [0.15, 0.2) is 0 Å². The fourth-order valence-electron chi connectivity index (χ4n) is 7.56. The Morgan fingerprint density at radius 3 is 2.49 bits per heavy atom. The number of esters is 1. The molecule has 4 aliphatic heterocycles. The molecule has 2 saturated heterocycles. The number of benzene rings is 2. The molecule has 8 atom stereocenters. The number of para-hydroxylation sites is 1. The highest BCUT2D eigenvalue weighted by Gasteiger charge is 2.72. The monoisotopic (exact) mass is 661 g/mol. The summed E-state index contributed by atoms with van der Waals surface area (Å²) >= 11 is 6.63. The maximum atomic E-state index is 14.7. The molecule has 4 aliphatic rings. The molecule has 1 N–H and O–H groups in total. The van der Waals surface area contributed by atoms with E-state index in [-0.39, 0.29) is 18.9 Å². The number of halogens is 1. The number of carbonyl (C=O) groups excluding carboxylic acids is 4. The number of nitrogens with zero attached hydrogens (tertiary/aromatic N) is 3. The summed E-state index contributed by atoms with van der Waals surface area (Å²) in [6.45, 7) is 5.10. The third-order valence-electron chi connectivity index (χ3n) is 10.1. The van der Waals surface area contributed by atoms with Crippen molar-refractivity contribution in [3.63, 3.8) is 0 Å². The highest BCUT2D eigenvalue weighted by molar-refractivity contribution is 6.34. The highest BCUT2D eigenvalue weighted by atomic mass is 35.5. The number of hydrogen-bond donors (Lipinski definition) is 1. The van der Waals surface area contributed by atoms with Gasteiger partial charge in [0.1, 0.15) is 23.7 Å². The molecule has 10 nitrogen and oxygen atoms in total. The van der Waals surface area contributed by atoms with Crippen molar-refractivity contribution in [2.45, 2.75) is 69.5 Å². The molecule has 0 saturated carbocycles. The van der Waals surface area contributed by atoms with E-state index in [1.54, 1.807) is 55.3 Å². The Kier molecular flexibility index (Phi) is 9.04. The predicted molar refractivity (Wildman–Crippen MR) is 175 cm³/mol. The van der Waals surface area contributed by atoms with E-state index in [4.69, 9.17) is 21.1 Å². The first-order valence-electron chi connectivity index (χ1n) is 16.0. The van der Waals surface area contributed by atoms with E-state index >= 15 is 0 Å². The molecule has 0 aliphatic carbocycles. The van der Waals surface area contributed by atoms with Gasteiger partial charge in [-0.05, 0) is 44.4 Å². The van der Waals surface area contributed by atoms with Crippen molar-refractivity contribution in [3.8, 4) is 0 Å². The maximum absolute atomic E-state index is 14.7. The minimum Gasteiger partial charge on any atom is -0.455 e. The average molecular weight is 662 g/mol. The van der Waals surface area contributed by atoms with E-state index in [0.29, 0.717) is 22.7 Å². The minimum atomic E-state index is -1.54. The summed E-state index contributed by atoms with van der Waals surface area (Å²) in [6.07, 6.45) is 5.87. The van der Waals surface area contributed by atoms with Crippen LogP contribution in [0.1, 0.15) is 43.9 Å². The van der Waals surface area contributed by atoms with Gasteiger partial charge in [0.25, 0.3) is 5.91 Å². The number of aryl methyl sites for hydroxylation is 1. The zero-order valence-electron chi connectivity index (χ0n) is 26.9. The molecule has 2 fully saturated rings. The number of aliphatic hydroxyl groups is 1. The summed E-state index contributed by atoms with van der Waals surface area (Å²) < 4.78 is 13.1. The van der Waals surface area contributed by atoms with E-state index in [2.05, 4.69) is 0 Å². The van der Waals surface area contributed by atoms with E-state index in [9.17, 15) is 24.3 Å². The van der Waals surface area contributed by atoms with Crippen LogP contribution in [0.3, 0.4) is 0 Å². The third-order valence-corrected chi connectivity index (χ3v) is 10.4. The summed E-state index contributed by atoms with van der Waals surface area (Å²) in [6, 6.07) is 12.1. The van der Waals surface area contributed by atoms with Crippen molar-refractivity contribution in [1.82, 2.24) is 9.80 Å². The number of rotatable bonds is 4. The van der Waals surface area contributed by atoms with Gasteiger partial charge < -0.3 is 29.3 Å². The number of cyclic esters (lactones) is 1.